The average molecular weight is 543 g/mol. The van der Waals surface area contributed by atoms with Gasteiger partial charge >= 0.3 is 0 Å². The number of halogens is 1. The van der Waals surface area contributed by atoms with Crippen LogP contribution in [0.2, 0.25) is 0 Å². The molecule has 0 fully saturated rings. The summed E-state index contributed by atoms with van der Waals surface area (Å²) in [6, 6.07) is 15.3. The zero-order chi connectivity index (χ0) is 23.0. The molecular weight excluding hydrogens is 524 g/mol. The summed E-state index contributed by atoms with van der Waals surface area (Å²) in [5.74, 6) is 1.31. The summed E-state index contributed by atoms with van der Waals surface area (Å²) in [6.45, 7) is 2.53. The third-order valence-corrected chi connectivity index (χ3v) is 6.75. The van der Waals surface area contributed by atoms with Gasteiger partial charge in [-0.3, -0.25) is 14.3 Å². The Balaban J connectivity index is 1.52. The number of aromatic nitrogens is 4. The molecule has 3 heterocycles. The van der Waals surface area contributed by atoms with E-state index in [1.165, 1.54) is 23.1 Å². The number of amides is 1. The standard InChI is InChI=1S/C22H19BrN6O2S2/c1-2-31-17-7-5-16(6-8-17)29-21(15-4-3-11-24-12-15)27-28-22(29)32-14-20(30)26-25-13-18-9-10-19(23)33-18/h3-13H,2,14H2,1H3,(H,26,30)/b25-13+. The van der Waals surface area contributed by atoms with Crippen LogP contribution < -0.4 is 10.2 Å². The molecule has 3 aromatic heterocycles. The topological polar surface area (TPSA) is 94.3 Å². The molecule has 0 atom stereocenters. The first-order valence-corrected chi connectivity index (χ1v) is 12.5. The van der Waals surface area contributed by atoms with Crippen LogP contribution in [0.5, 0.6) is 5.75 Å². The maximum Gasteiger partial charge on any atom is 0.250 e. The van der Waals surface area contributed by atoms with Crippen LogP contribution in [0, 0.1) is 0 Å². The van der Waals surface area contributed by atoms with E-state index in [1.807, 2.05) is 60.0 Å². The van der Waals surface area contributed by atoms with Gasteiger partial charge in [0.1, 0.15) is 5.75 Å². The minimum atomic E-state index is -0.240. The van der Waals surface area contributed by atoms with Crippen LogP contribution >= 0.6 is 39.0 Å². The lowest BCUT2D eigenvalue weighted by Gasteiger charge is -2.11. The van der Waals surface area contributed by atoms with Crippen molar-refractivity contribution in [3.63, 3.8) is 0 Å². The van der Waals surface area contributed by atoms with Crippen LogP contribution in [0.25, 0.3) is 17.1 Å². The number of rotatable bonds is 9. The fourth-order valence-corrected chi connectivity index (χ4v) is 4.90. The zero-order valence-electron chi connectivity index (χ0n) is 17.5. The van der Waals surface area contributed by atoms with Crippen molar-refractivity contribution in [2.75, 3.05) is 12.4 Å². The molecule has 168 valence electrons. The summed E-state index contributed by atoms with van der Waals surface area (Å²) in [5.41, 5.74) is 4.22. The van der Waals surface area contributed by atoms with Crippen molar-refractivity contribution in [1.82, 2.24) is 25.2 Å². The molecule has 0 spiro atoms. The molecule has 4 rings (SSSR count). The van der Waals surface area contributed by atoms with Crippen LogP contribution in [0.4, 0.5) is 0 Å². The minimum absolute atomic E-state index is 0.133. The number of hydrogen-bond donors (Lipinski definition) is 1. The highest BCUT2D eigenvalue weighted by Crippen LogP contribution is 2.28. The molecule has 0 saturated carbocycles. The van der Waals surface area contributed by atoms with Crippen molar-refractivity contribution in [1.29, 1.82) is 0 Å². The number of benzene rings is 1. The van der Waals surface area contributed by atoms with Gasteiger partial charge < -0.3 is 4.74 Å². The van der Waals surface area contributed by atoms with E-state index in [1.54, 1.807) is 18.6 Å². The molecule has 1 amide bonds. The summed E-state index contributed by atoms with van der Waals surface area (Å²) < 4.78 is 8.45. The van der Waals surface area contributed by atoms with E-state index in [9.17, 15) is 4.79 Å². The Labute approximate surface area is 207 Å². The summed E-state index contributed by atoms with van der Waals surface area (Å²) in [4.78, 5) is 17.4. The minimum Gasteiger partial charge on any atom is -0.494 e. The number of ether oxygens (including phenoxy) is 1. The molecule has 0 bridgehead atoms. The van der Waals surface area contributed by atoms with Crippen molar-refractivity contribution >= 4 is 51.2 Å². The number of nitrogens with zero attached hydrogens (tertiary/aromatic N) is 5. The average Bonchev–Trinajstić information content (AvgIpc) is 3.45. The third kappa shape index (κ3) is 6.06. The third-order valence-electron chi connectivity index (χ3n) is 4.27. The quantitative estimate of drug-likeness (QED) is 0.185. The maximum absolute atomic E-state index is 12.3. The number of thioether (sulfide) groups is 1. The number of hydrogen-bond acceptors (Lipinski definition) is 8. The molecule has 0 aliphatic carbocycles. The number of pyridine rings is 1. The molecular formula is C22H19BrN6O2S2. The van der Waals surface area contributed by atoms with Crippen LogP contribution in [0.3, 0.4) is 0 Å². The van der Waals surface area contributed by atoms with Gasteiger partial charge in [-0.25, -0.2) is 5.43 Å². The smallest absolute Gasteiger partial charge is 0.250 e. The lowest BCUT2D eigenvalue weighted by Crippen LogP contribution is -2.19. The van der Waals surface area contributed by atoms with Crippen LogP contribution in [-0.4, -0.2) is 44.2 Å². The van der Waals surface area contributed by atoms with E-state index in [-0.39, 0.29) is 11.7 Å². The van der Waals surface area contributed by atoms with Crippen molar-refractivity contribution in [3.05, 3.63) is 69.6 Å². The van der Waals surface area contributed by atoms with Crippen molar-refractivity contribution in [3.8, 4) is 22.8 Å². The Morgan fingerprint density at radius 3 is 2.79 bits per heavy atom. The summed E-state index contributed by atoms with van der Waals surface area (Å²) in [5, 5.41) is 13.3. The second-order valence-corrected chi connectivity index (χ2v) is 9.97. The molecule has 0 radical (unpaired) electrons. The lowest BCUT2D eigenvalue weighted by atomic mass is 10.2. The zero-order valence-corrected chi connectivity index (χ0v) is 20.7. The molecule has 0 unspecified atom stereocenters. The van der Waals surface area contributed by atoms with Crippen LogP contribution in [-0.2, 0) is 4.79 Å². The monoisotopic (exact) mass is 542 g/mol. The van der Waals surface area contributed by atoms with Crippen molar-refractivity contribution < 1.29 is 9.53 Å². The highest BCUT2D eigenvalue weighted by Gasteiger charge is 2.17. The number of carbonyl (C=O) groups excluding carboxylic acids is 1. The first kappa shape index (κ1) is 23.1. The van der Waals surface area contributed by atoms with E-state index in [4.69, 9.17) is 4.74 Å². The summed E-state index contributed by atoms with van der Waals surface area (Å²) in [7, 11) is 0. The van der Waals surface area contributed by atoms with Crippen LogP contribution in [0.1, 0.15) is 11.8 Å². The predicted octanol–water partition coefficient (Wildman–Crippen LogP) is 4.79. The maximum atomic E-state index is 12.3. The Kier molecular flexibility index (Phi) is 7.87. The van der Waals surface area contributed by atoms with Gasteiger partial charge in [0.15, 0.2) is 11.0 Å². The van der Waals surface area contributed by atoms with Crippen LogP contribution in [0.15, 0.2) is 75.0 Å². The van der Waals surface area contributed by atoms with Gasteiger partial charge in [-0.1, -0.05) is 11.8 Å². The van der Waals surface area contributed by atoms with E-state index in [2.05, 4.69) is 41.6 Å². The molecule has 1 N–H and O–H groups in total. The molecule has 8 nitrogen and oxygen atoms in total. The van der Waals surface area contributed by atoms with Gasteiger partial charge in [-0.05, 0) is 71.4 Å². The SMILES string of the molecule is CCOc1ccc(-n2c(SCC(=O)N/N=C/c3ccc(Br)s3)nnc2-c2cccnc2)cc1. The van der Waals surface area contributed by atoms with E-state index < -0.39 is 0 Å². The molecule has 0 aliphatic heterocycles. The highest BCUT2D eigenvalue weighted by atomic mass is 79.9. The molecule has 33 heavy (non-hydrogen) atoms. The van der Waals surface area contributed by atoms with Crippen molar-refractivity contribution in [2.24, 2.45) is 5.10 Å². The van der Waals surface area contributed by atoms with Gasteiger partial charge in [0.2, 0.25) is 0 Å². The Bertz CT molecular complexity index is 1240. The Morgan fingerprint density at radius 2 is 2.09 bits per heavy atom. The Morgan fingerprint density at radius 1 is 1.24 bits per heavy atom. The predicted molar refractivity (Wildman–Crippen MR) is 134 cm³/mol. The number of thiophene rings is 1. The lowest BCUT2D eigenvalue weighted by molar-refractivity contribution is -0.118. The molecule has 0 saturated heterocycles. The van der Waals surface area contributed by atoms with E-state index in [0.717, 1.165) is 25.7 Å². The van der Waals surface area contributed by atoms with Gasteiger partial charge in [0, 0.05) is 28.5 Å². The molecule has 0 aliphatic rings. The number of hydrazone groups is 1. The van der Waals surface area contributed by atoms with Gasteiger partial charge in [-0.15, -0.1) is 21.5 Å². The van der Waals surface area contributed by atoms with Gasteiger partial charge in [0.05, 0.1) is 22.4 Å². The van der Waals surface area contributed by atoms with Gasteiger partial charge in [0.25, 0.3) is 5.91 Å². The molecule has 1 aromatic carbocycles. The van der Waals surface area contributed by atoms with E-state index >= 15 is 0 Å². The highest BCUT2D eigenvalue weighted by molar-refractivity contribution is 9.11. The molecule has 4 aromatic rings. The largest absolute Gasteiger partial charge is 0.494 e. The second-order valence-electron chi connectivity index (χ2n) is 6.53. The molecule has 11 heteroatoms. The number of nitrogens with one attached hydrogen (secondary N) is 1. The summed E-state index contributed by atoms with van der Waals surface area (Å²) >= 11 is 6.21. The fraction of sp³-hybridized carbons (Fsp3) is 0.136. The fourth-order valence-electron chi connectivity index (χ4n) is 2.86. The number of carbonyl (C=O) groups is 1. The normalized spacial score (nSPS) is 11.1. The first-order valence-electron chi connectivity index (χ1n) is 9.93. The van der Waals surface area contributed by atoms with Gasteiger partial charge in [-0.2, -0.15) is 5.10 Å². The van der Waals surface area contributed by atoms with E-state index in [0.29, 0.717) is 17.6 Å². The second kappa shape index (κ2) is 11.2. The first-order chi connectivity index (χ1) is 16.1. The van der Waals surface area contributed by atoms with Crippen molar-refractivity contribution in [2.45, 2.75) is 12.1 Å². The Hall–Kier alpha value is -3.02. The summed E-state index contributed by atoms with van der Waals surface area (Å²) in [6.07, 6.45) is 5.05.